The first-order chi connectivity index (χ1) is 9.36. The molecule has 1 aliphatic rings. The molecule has 2 rings (SSSR count). The van der Waals surface area contributed by atoms with Crippen LogP contribution in [-0.4, -0.2) is 14.2 Å². The van der Waals surface area contributed by atoms with Gasteiger partial charge >= 0.3 is 0 Å². The molecule has 0 N–H and O–H groups in total. The fourth-order valence-electron chi connectivity index (χ4n) is 2.96. The summed E-state index contributed by atoms with van der Waals surface area (Å²) in [7, 11) is -1.17. The van der Waals surface area contributed by atoms with E-state index in [1.54, 1.807) is 0 Å². The average molecular weight is 291 g/mol. The Bertz CT molecular complexity index is 418. The largest absolute Gasteiger partial charge is 0.374 e. The lowest BCUT2D eigenvalue weighted by atomic mass is 9.80. The molecule has 20 heavy (non-hydrogen) atoms. The summed E-state index contributed by atoms with van der Waals surface area (Å²) in [6, 6.07) is 9.11. The summed E-state index contributed by atoms with van der Waals surface area (Å²) in [6.45, 7) is 12.7. The minimum Gasteiger partial charge on any atom is -0.374 e. The van der Waals surface area contributed by atoms with Gasteiger partial charge in [0.1, 0.15) is 0 Å². The SMILES string of the molecule is CC1CCC(OCc2ccc([Si](C)(C)C)cc2)CC1C. The second-order valence-corrected chi connectivity index (χ2v) is 12.7. The van der Waals surface area contributed by atoms with Crippen molar-refractivity contribution in [1.82, 2.24) is 0 Å². The Balaban J connectivity index is 1.85. The molecule has 3 atom stereocenters. The van der Waals surface area contributed by atoms with Crippen LogP contribution < -0.4 is 5.19 Å². The molecule has 0 radical (unpaired) electrons. The van der Waals surface area contributed by atoms with Gasteiger partial charge in [0.2, 0.25) is 0 Å². The summed E-state index contributed by atoms with van der Waals surface area (Å²) in [5.74, 6) is 1.67. The number of rotatable bonds is 4. The van der Waals surface area contributed by atoms with E-state index < -0.39 is 8.07 Å². The van der Waals surface area contributed by atoms with Gasteiger partial charge in [-0.15, -0.1) is 0 Å². The average Bonchev–Trinajstić information content (AvgIpc) is 2.40. The second kappa shape index (κ2) is 6.44. The van der Waals surface area contributed by atoms with Gasteiger partial charge in [-0.05, 0) is 36.7 Å². The molecule has 1 aliphatic carbocycles. The Morgan fingerprint density at radius 3 is 2.20 bits per heavy atom. The number of hydrogen-bond acceptors (Lipinski definition) is 1. The van der Waals surface area contributed by atoms with Crippen molar-refractivity contribution in [1.29, 1.82) is 0 Å². The predicted octanol–water partition coefficient (Wildman–Crippen LogP) is 4.57. The zero-order valence-corrected chi connectivity index (χ0v) is 14.8. The van der Waals surface area contributed by atoms with Crippen molar-refractivity contribution in [2.75, 3.05) is 0 Å². The fraction of sp³-hybridized carbons (Fsp3) is 0.667. The van der Waals surface area contributed by atoms with Crippen LogP contribution in [0, 0.1) is 11.8 Å². The minimum absolute atomic E-state index is 0.470. The Hall–Kier alpha value is -0.603. The van der Waals surface area contributed by atoms with Gasteiger partial charge < -0.3 is 4.74 Å². The number of ether oxygens (including phenoxy) is 1. The van der Waals surface area contributed by atoms with Gasteiger partial charge in [-0.25, -0.2) is 0 Å². The van der Waals surface area contributed by atoms with Crippen LogP contribution in [0.5, 0.6) is 0 Å². The number of hydrogen-bond donors (Lipinski definition) is 0. The predicted molar refractivity (Wildman–Crippen MR) is 90.2 cm³/mol. The van der Waals surface area contributed by atoms with E-state index in [0.717, 1.165) is 18.4 Å². The zero-order chi connectivity index (χ0) is 14.8. The van der Waals surface area contributed by atoms with Crippen LogP contribution in [0.1, 0.15) is 38.7 Å². The van der Waals surface area contributed by atoms with Crippen molar-refractivity contribution < 1.29 is 4.74 Å². The zero-order valence-electron chi connectivity index (χ0n) is 13.8. The standard InChI is InChI=1S/C18H30OSi/c1-14-6-9-17(12-15(14)2)19-13-16-7-10-18(11-8-16)20(3,4)5/h7-8,10-11,14-15,17H,6,9,12-13H2,1-5H3. The molecular formula is C18H30OSi. The molecule has 3 unspecified atom stereocenters. The summed E-state index contributed by atoms with van der Waals surface area (Å²) in [5, 5.41) is 1.53. The van der Waals surface area contributed by atoms with Gasteiger partial charge in [0.25, 0.3) is 0 Å². The Morgan fingerprint density at radius 1 is 1.00 bits per heavy atom. The summed E-state index contributed by atoms with van der Waals surface area (Å²) < 4.78 is 6.12. The maximum Gasteiger partial charge on any atom is 0.0775 e. The molecule has 0 aliphatic heterocycles. The Morgan fingerprint density at radius 2 is 1.65 bits per heavy atom. The van der Waals surface area contributed by atoms with E-state index in [-0.39, 0.29) is 0 Å². The second-order valence-electron chi connectivity index (χ2n) is 7.65. The molecule has 1 aromatic carbocycles. The van der Waals surface area contributed by atoms with Crippen molar-refractivity contribution in [3.63, 3.8) is 0 Å². The third-order valence-electron chi connectivity index (χ3n) is 4.86. The highest BCUT2D eigenvalue weighted by Gasteiger charge is 2.24. The normalized spacial score (nSPS) is 27.6. The summed E-state index contributed by atoms with van der Waals surface area (Å²) >= 11 is 0. The molecule has 0 spiro atoms. The molecule has 112 valence electrons. The van der Waals surface area contributed by atoms with Gasteiger partial charge in [-0.2, -0.15) is 0 Å². The van der Waals surface area contributed by atoms with E-state index in [1.807, 2.05) is 0 Å². The van der Waals surface area contributed by atoms with Crippen LogP contribution in [0.2, 0.25) is 19.6 Å². The monoisotopic (exact) mass is 290 g/mol. The molecule has 1 aromatic rings. The van der Waals surface area contributed by atoms with Crippen molar-refractivity contribution in [3.8, 4) is 0 Å². The third-order valence-corrected chi connectivity index (χ3v) is 6.92. The molecule has 1 saturated carbocycles. The first kappa shape index (κ1) is 15.8. The van der Waals surface area contributed by atoms with Gasteiger partial charge in [-0.3, -0.25) is 0 Å². The lowest BCUT2D eigenvalue weighted by Crippen LogP contribution is -2.37. The maximum absolute atomic E-state index is 6.12. The van der Waals surface area contributed by atoms with Gasteiger partial charge in [0.05, 0.1) is 20.8 Å². The van der Waals surface area contributed by atoms with Crippen LogP contribution in [-0.2, 0) is 11.3 Å². The maximum atomic E-state index is 6.12. The smallest absolute Gasteiger partial charge is 0.0775 e. The van der Waals surface area contributed by atoms with Crippen LogP contribution >= 0.6 is 0 Å². The lowest BCUT2D eigenvalue weighted by Gasteiger charge is -2.32. The quantitative estimate of drug-likeness (QED) is 0.738. The van der Waals surface area contributed by atoms with E-state index in [9.17, 15) is 0 Å². The van der Waals surface area contributed by atoms with Crippen molar-refractivity contribution in [2.45, 2.75) is 65.5 Å². The van der Waals surface area contributed by atoms with Crippen LogP contribution in [0.3, 0.4) is 0 Å². The first-order valence-electron chi connectivity index (χ1n) is 8.07. The summed E-state index contributed by atoms with van der Waals surface area (Å²) in [4.78, 5) is 0. The van der Waals surface area contributed by atoms with Crippen LogP contribution in [0.4, 0.5) is 0 Å². The summed E-state index contributed by atoms with van der Waals surface area (Å²) in [6.07, 6.45) is 4.26. The third kappa shape index (κ3) is 4.19. The number of benzene rings is 1. The van der Waals surface area contributed by atoms with Crippen molar-refractivity contribution in [3.05, 3.63) is 29.8 Å². The van der Waals surface area contributed by atoms with E-state index >= 15 is 0 Å². The fourth-order valence-corrected chi connectivity index (χ4v) is 4.13. The van der Waals surface area contributed by atoms with Crippen molar-refractivity contribution in [2.24, 2.45) is 11.8 Å². The molecule has 0 heterocycles. The van der Waals surface area contributed by atoms with Crippen LogP contribution in [0.25, 0.3) is 0 Å². The van der Waals surface area contributed by atoms with Gasteiger partial charge in [0, 0.05) is 0 Å². The Labute approximate surface area is 125 Å². The molecular weight excluding hydrogens is 260 g/mol. The van der Waals surface area contributed by atoms with Crippen molar-refractivity contribution >= 4 is 13.3 Å². The molecule has 0 bridgehead atoms. The van der Waals surface area contributed by atoms with Gasteiger partial charge in [-0.1, -0.05) is 62.9 Å². The summed E-state index contributed by atoms with van der Waals surface area (Å²) in [5.41, 5.74) is 1.32. The van der Waals surface area contributed by atoms with E-state index in [1.165, 1.54) is 30.0 Å². The molecule has 0 aromatic heterocycles. The first-order valence-corrected chi connectivity index (χ1v) is 11.6. The van der Waals surface area contributed by atoms with Crippen LogP contribution in [0.15, 0.2) is 24.3 Å². The van der Waals surface area contributed by atoms with Gasteiger partial charge in [0.15, 0.2) is 0 Å². The molecule has 1 nitrogen and oxygen atoms in total. The molecule has 2 heteroatoms. The Kier molecular flexibility index (Phi) is 5.08. The molecule has 0 saturated heterocycles. The van der Waals surface area contributed by atoms with E-state index in [2.05, 4.69) is 57.8 Å². The highest BCUT2D eigenvalue weighted by molar-refractivity contribution is 6.88. The highest BCUT2D eigenvalue weighted by Crippen LogP contribution is 2.31. The van der Waals surface area contributed by atoms with E-state index in [4.69, 9.17) is 4.74 Å². The minimum atomic E-state index is -1.17. The topological polar surface area (TPSA) is 9.23 Å². The highest BCUT2D eigenvalue weighted by atomic mass is 28.3. The molecule has 1 fully saturated rings. The molecule has 0 amide bonds. The van der Waals surface area contributed by atoms with E-state index in [0.29, 0.717) is 6.10 Å². The lowest BCUT2D eigenvalue weighted by molar-refractivity contribution is -0.00744.